The second kappa shape index (κ2) is 9.11. The molecule has 1 fully saturated rings. The summed E-state index contributed by atoms with van der Waals surface area (Å²) in [5.74, 6) is 1.15. The van der Waals surface area contributed by atoms with E-state index in [1.165, 1.54) is 0 Å². The van der Waals surface area contributed by atoms with Crippen LogP contribution in [0, 0.1) is 20.8 Å². The average Bonchev–Trinajstić information content (AvgIpc) is 3.14. The number of hydrogen-bond donors (Lipinski definition) is 1. The summed E-state index contributed by atoms with van der Waals surface area (Å²) in [5.41, 5.74) is 4.65. The number of aryl methyl sites for hydroxylation is 3. The summed E-state index contributed by atoms with van der Waals surface area (Å²) in [6, 6.07) is 18.3. The van der Waals surface area contributed by atoms with Crippen LogP contribution >= 0.6 is 11.8 Å². The third-order valence-electron chi connectivity index (χ3n) is 5.54. The van der Waals surface area contributed by atoms with E-state index in [1.54, 1.807) is 49.8 Å². The number of anilines is 2. The van der Waals surface area contributed by atoms with Gasteiger partial charge in [0.05, 0.1) is 17.8 Å². The van der Waals surface area contributed by atoms with Gasteiger partial charge in [0.15, 0.2) is 0 Å². The van der Waals surface area contributed by atoms with Crippen LogP contribution in [0.2, 0.25) is 0 Å². The summed E-state index contributed by atoms with van der Waals surface area (Å²) in [7, 11) is -2.12. The molecule has 1 heterocycles. The predicted octanol–water partition coefficient (Wildman–Crippen LogP) is 5.20. The number of sulfonamides is 1. The smallest absolute Gasteiger partial charge is 0.262 e. The van der Waals surface area contributed by atoms with Crippen molar-refractivity contribution in [1.82, 2.24) is 0 Å². The molecule has 1 atom stereocenters. The van der Waals surface area contributed by atoms with Gasteiger partial charge >= 0.3 is 0 Å². The quantitative estimate of drug-likeness (QED) is 0.523. The van der Waals surface area contributed by atoms with Gasteiger partial charge in [-0.1, -0.05) is 29.8 Å². The molecule has 1 amide bonds. The first-order valence-corrected chi connectivity index (χ1v) is 13.0. The van der Waals surface area contributed by atoms with Crippen LogP contribution in [-0.4, -0.2) is 27.2 Å². The van der Waals surface area contributed by atoms with Gasteiger partial charge in [0.2, 0.25) is 5.91 Å². The maximum Gasteiger partial charge on any atom is 0.262 e. The zero-order valence-electron chi connectivity index (χ0n) is 19.0. The molecular weight excluding hydrogens is 456 g/mol. The van der Waals surface area contributed by atoms with Gasteiger partial charge in [0, 0.05) is 11.4 Å². The number of thioether (sulfide) groups is 1. The lowest BCUT2D eigenvalue weighted by atomic mass is 10.1. The Bertz CT molecular complexity index is 1260. The molecule has 33 heavy (non-hydrogen) atoms. The molecule has 1 saturated heterocycles. The Balaban J connectivity index is 1.57. The largest absolute Gasteiger partial charge is 0.497 e. The van der Waals surface area contributed by atoms with Crippen molar-refractivity contribution in [3.63, 3.8) is 0 Å². The zero-order valence-corrected chi connectivity index (χ0v) is 20.6. The Morgan fingerprint density at radius 3 is 2.15 bits per heavy atom. The van der Waals surface area contributed by atoms with Crippen molar-refractivity contribution < 1.29 is 17.9 Å². The molecule has 8 heteroatoms. The molecule has 3 aromatic carbocycles. The lowest BCUT2D eigenvalue weighted by Crippen LogP contribution is -2.27. The van der Waals surface area contributed by atoms with Gasteiger partial charge in [0.1, 0.15) is 11.1 Å². The molecule has 172 valence electrons. The highest BCUT2D eigenvalue weighted by Gasteiger charge is 2.34. The molecule has 0 aliphatic carbocycles. The number of rotatable bonds is 6. The van der Waals surface area contributed by atoms with Crippen molar-refractivity contribution in [2.45, 2.75) is 31.0 Å². The molecule has 1 aliphatic rings. The highest BCUT2D eigenvalue weighted by Crippen LogP contribution is 2.42. The van der Waals surface area contributed by atoms with Crippen LogP contribution in [0.1, 0.15) is 27.6 Å². The first kappa shape index (κ1) is 23.2. The molecule has 6 nitrogen and oxygen atoms in total. The Hall–Kier alpha value is -2.97. The average molecular weight is 483 g/mol. The van der Waals surface area contributed by atoms with Gasteiger partial charge in [-0.3, -0.25) is 14.4 Å². The van der Waals surface area contributed by atoms with E-state index < -0.39 is 10.0 Å². The molecule has 4 rings (SSSR count). The fourth-order valence-electron chi connectivity index (χ4n) is 4.21. The first-order valence-electron chi connectivity index (χ1n) is 10.5. The van der Waals surface area contributed by atoms with Crippen molar-refractivity contribution in [3.8, 4) is 5.75 Å². The number of benzene rings is 3. The van der Waals surface area contributed by atoms with E-state index in [1.807, 2.05) is 55.5 Å². The number of ether oxygens (including phenoxy) is 1. The molecule has 0 spiro atoms. The van der Waals surface area contributed by atoms with Crippen LogP contribution in [0.3, 0.4) is 0 Å². The van der Waals surface area contributed by atoms with Crippen LogP contribution in [0.25, 0.3) is 0 Å². The van der Waals surface area contributed by atoms with Gasteiger partial charge in [-0.2, -0.15) is 0 Å². The fourth-order valence-corrected chi connectivity index (χ4v) is 6.90. The third-order valence-corrected chi connectivity index (χ3v) is 8.44. The van der Waals surface area contributed by atoms with E-state index in [-0.39, 0.29) is 11.3 Å². The number of carbonyl (C=O) groups excluding carboxylic acids is 1. The predicted molar refractivity (Wildman–Crippen MR) is 134 cm³/mol. The molecule has 0 bridgehead atoms. The van der Waals surface area contributed by atoms with Crippen molar-refractivity contribution in [2.75, 3.05) is 22.5 Å². The normalized spacial score (nSPS) is 16.2. The minimum atomic E-state index is -3.72. The van der Waals surface area contributed by atoms with Crippen LogP contribution in [0.4, 0.5) is 11.4 Å². The van der Waals surface area contributed by atoms with E-state index in [2.05, 4.69) is 4.72 Å². The van der Waals surface area contributed by atoms with Gasteiger partial charge in [-0.25, -0.2) is 8.42 Å². The molecule has 1 aliphatic heterocycles. The van der Waals surface area contributed by atoms with Crippen molar-refractivity contribution in [3.05, 3.63) is 82.9 Å². The Kier molecular flexibility index (Phi) is 6.41. The Labute approximate surface area is 199 Å². The monoisotopic (exact) mass is 482 g/mol. The number of nitrogens with one attached hydrogen (secondary N) is 1. The highest BCUT2D eigenvalue weighted by molar-refractivity contribution is 8.00. The van der Waals surface area contributed by atoms with Crippen LogP contribution in [0.5, 0.6) is 5.75 Å². The fraction of sp³-hybridized carbons (Fsp3) is 0.240. The van der Waals surface area contributed by atoms with E-state index in [9.17, 15) is 13.2 Å². The Morgan fingerprint density at radius 1 is 0.970 bits per heavy atom. The molecule has 1 N–H and O–H groups in total. The van der Waals surface area contributed by atoms with Crippen LogP contribution in [0.15, 0.2) is 65.6 Å². The number of hydrogen-bond acceptors (Lipinski definition) is 5. The van der Waals surface area contributed by atoms with Crippen molar-refractivity contribution >= 4 is 39.1 Å². The van der Waals surface area contributed by atoms with Crippen molar-refractivity contribution in [1.29, 1.82) is 0 Å². The second-order valence-corrected chi connectivity index (χ2v) is 10.8. The van der Waals surface area contributed by atoms with Crippen LogP contribution < -0.4 is 14.4 Å². The molecule has 1 unspecified atom stereocenters. The minimum absolute atomic E-state index is 0.0327. The molecule has 0 aromatic heterocycles. The summed E-state index contributed by atoms with van der Waals surface area (Å²) in [5, 5.41) is -0.182. The SMILES string of the molecule is COc1ccc(N2C(=O)CSC2c2ccc(NS(=O)(=O)c3c(C)cc(C)cc3C)cc2)cc1. The van der Waals surface area contributed by atoms with Crippen LogP contribution in [-0.2, 0) is 14.8 Å². The standard InChI is InChI=1S/C25H26N2O4S2/c1-16-13-17(2)24(18(3)14-16)33(29,30)26-20-7-5-19(6-8-20)25-27(23(28)15-32-25)21-9-11-22(31-4)12-10-21/h5-14,25-26H,15H2,1-4H3. The summed E-state index contributed by atoms with van der Waals surface area (Å²) in [6.07, 6.45) is 0. The van der Waals surface area contributed by atoms with E-state index in [0.29, 0.717) is 27.5 Å². The van der Waals surface area contributed by atoms with E-state index >= 15 is 0 Å². The van der Waals surface area contributed by atoms with E-state index in [0.717, 1.165) is 22.6 Å². The minimum Gasteiger partial charge on any atom is -0.497 e. The summed E-state index contributed by atoms with van der Waals surface area (Å²) in [6.45, 7) is 5.56. The molecule has 0 radical (unpaired) electrons. The number of amides is 1. The number of nitrogens with zero attached hydrogens (tertiary/aromatic N) is 1. The topological polar surface area (TPSA) is 75.7 Å². The van der Waals surface area contributed by atoms with Gasteiger partial charge in [-0.15, -0.1) is 11.8 Å². The number of methoxy groups -OCH3 is 1. The molecule has 0 saturated carbocycles. The summed E-state index contributed by atoms with van der Waals surface area (Å²) < 4.78 is 34.0. The van der Waals surface area contributed by atoms with E-state index in [4.69, 9.17) is 4.74 Å². The lowest BCUT2D eigenvalue weighted by molar-refractivity contribution is -0.115. The Morgan fingerprint density at radius 2 is 1.58 bits per heavy atom. The third kappa shape index (κ3) is 4.72. The summed E-state index contributed by atoms with van der Waals surface area (Å²) in [4.78, 5) is 14.7. The second-order valence-electron chi connectivity index (χ2n) is 8.08. The molecular formula is C25H26N2O4S2. The van der Waals surface area contributed by atoms with Crippen molar-refractivity contribution in [2.24, 2.45) is 0 Å². The highest BCUT2D eigenvalue weighted by atomic mass is 32.2. The first-order chi connectivity index (χ1) is 15.7. The summed E-state index contributed by atoms with van der Waals surface area (Å²) >= 11 is 1.54. The van der Waals surface area contributed by atoms with Gasteiger partial charge in [0.25, 0.3) is 10.0 Å². The van der Waals surface area contributed by atoms with Gasteiger partial charge in [-0.05, 0) is 73.9 Å². The molecule has 3 aromatic rings. The van der Waals surface area contributed by atoms with Gasteiger partial charge < -0.3 is 4.74 Å². The maximum atomic E-state index is 13.0. The maximum absolute atomic E-state index is 13.0. The lowest BCUT2D eigenvalue weighted by Gasteiger charge is -2.24. The number of carbonyl (C=O) groups is 1. The zero-order chi connectivity index (χ0) is 23.8.